The molecule has 188 valence electrons. The van der Waals surface area contributed by atoms with Gasteiger partial charge >= 0.3 is 0 Å². The van der Waals surface area contributed by atoms with E-state index in [0.29, 0.717) is 11.6 Å². The van der Waals surface area contributed by atoms with Crippen molar-refractivity contribution in [2.45, 2.75) is 87.6 Å². The average Bonchev–Trinajstić information content (AvgIpc) is 3.43. The number of thioether (sulfide) groups is 1. The number of carbonyl (C=O) groups is 1. The van der Waals surface area contributed by atoms with Gasteiger partial charge in [0.2, 0.25) is 5.91 Å². The molecule has 0 spiro atoms. The van der Waals surface area contributed by atoms with E-state index in [-0.39, 0.29) is 18.5 Å². The molecule has 9 atom stereocenters. The number of aromatic nitrogens is 3. The molecule has 1 amide bonds. The van der Waals surface area contributed by atoms with Crippen molar-refractivity contribution in [2.75, 3.05) is 19.8 Å². The molecule has 0 bridgehead atoms. The Bertz CT molecular complexity index is 782. The largest absolute Gasteiger partial charge is 0.388 e. The lowest BCUT2D eigenvalue weighted by Gasteiger charge is -2.44. The van der Waals surface area contributed by atoms with Gasteiger partial charge in [-0.25, -0.2) is 4.68 Å². The number of amides is 1. The highest BCUT2D eigenvalue weighted by Gasteiger charge is 2.49. The van der Waals surface area contributed by atoms with Gasteiger partial charge in [-0.3, -0.25) is 9.69 Å². The Morgan fingerprint density at radius 3 is 2.70 bits per heavy atom. The molecule has 0 aliphatic carbocycles. The van der Waals surface area contributed by atoms with E-state index in [0.717, 1.165) is 25.8 Å². The second-order valence-corrected chi connectivity index (χ2v) is 10.1. The van der Waals surface area contributed by atoms with Crippen LogP contribution in [0, 0.1) is 5.92 Å². The predicted molar refractivity (Wildman–Crippen MR) is 124 cm³/mol. The maximum atomic E-state index is 13.4. The van der Waals surface area contributed by atoms with Gasteiger partial charge in [0.05, 0.1) is 30.0 Å². The van der Waals surface area contributed by atoms with E-state index in [2.05, 4.69) is 27.5 Å². The molecule has 2 aliphatic rings. The first kappa shape index (κ1) is 26.3. The number of hydrogen-bond acceptors (Lipinski definition) is 10. The Labute approximate surface area is 199 Å². The molecular formula is C21H38N6O5S. The molecule has 3 heterocycles. The third-order valence-electron chi connectivity index (χ3n) is 6.84. The number of aliphatic hydroxyl groups excluding tert-OH is 3. The highest BCUT2D eigenvalue weighted by Crippen LogP contribution is 2.32. The summed E-state index contributed by atoms with van der Waals surface area (Å²) in [6.45, 7) is 5.05. The molecule has 5 unspecified atom stereocenters. The number of nitrogens with zero attached hydrogens (tertiary/aromatic N) is 4. The van der Waals surface area contributed by atoms with Crippen molar-refractivity contribution in [3.05, 3.63) is 11.9 Å². The molecule has 1 aromatic heterocycles. The third-order valence-corrected chi connectivity index (χ3v) is 7.69. The van der Waals surface area contributed by atoms with Gasteiger partial charge in [-0.2, -0.15) is 0 Å². The molecule has 2 fully saturated rings. The quantitative estimate of drug-likeness (QED) is 0.295. The first-order valence-electron chi connectivity index (χ1n) is 11.6. The molecule has 0 radical (unpaired) electrons. The lowest BCUT2D eigenvalue weighted by molar-refractivity contribution is -0.208. The van der Waals surface area contributed by atoms with E-state index in [9.17, 15) is 20.1 Å². The number of aliphatic hydroxyl groups is 3. The fraction of sp³-hybridized carbons (Fsp3) is 0.857. The summed E-state index contributed by atoms with van der Waals surface area (Å²) in [6.07, 6.45) is 1.31. The van der Waals surface area contributed by atoms with Crippen LogP contribution in [0.15, 0.2) is 6.20 Å². The van der Waals surface area contributed by atoms with E-state index in [1.807, 2.05) is 14.0 Å². The zero-order valence-electron chi connectivity index (χ0n) is 19.7. The molecule has 0 aromatic carbocycles. The Morgan fingerprint density at radius 2 is 2.09 bits per heavy atom. The van der Waals surface area contributed by atoms with Crippen LogP contribution in [0.25, 0.3) is 0 Å². The average molecular weight is 487 g/mol. The van der Waals surface area contributed by atoms with Gasteiger partial charge in [0.1, 0.15) is 29.9 Å². The molecule has 2 saturated heterocycles. The van der Waals surface area contributed by atoms with Crippen molar-refractivity contribution in [3.63, 3.8) is 0 Å². The third kappa shape index (κ3) is 5.69. The van der Waals surface area contributed by atoms with E-state index in [1.165, 1.54) is 11.8 Å². The van der Waals surface area contributed by atoms with Crippen LogP contribution in [-0.4, -0.2) is 103 Å². The maximum absolute atomic E-state index is 13.4. The number of nitrogens with two attached hydrogens (primary N) is 1. The maximum Gasteiger partial charge on any atom is 0.237 e. The summed E-state index contributed by atoms with van der Waals surface area (Å²) in [5, 5.41) is 42.8. The monoisotopic (exact) mass is 486 g/mol. The number of likely N-dealkylation sites (N-methyl/N-ethyl adjacent to an activating group) is 1. The van der Waals surface area contributed by atoms with Gasteiger partial charge in [-0.1, -0.05) is 18.6 Å². The minimum absolute atomic E-state index is 0.163. The van der Waals surface area contributed by atoms with Crippen LogP contribution in [0.2, 0.25) is 0 Å². The Kier molecular flexibility index (Phi) is 9.12. The van der Waals surface area contributed by atoms with Gasteiger partial charge in [-0.05, 0) is 39.0 Å². The summed E-state index contributed by atoms with van der Waals surface area (Å²) in [5.41, 5.74) is 5.51. The molecule has 0 saturated carbocycles. The van der Waals surface area contributed by atoms with Gasteiger partial charge in [-0.15, -0.1) is 16.9 Å². The standard InChI is InChI=1S/C21H38N6O5S/c1-5-6-12-7-14(26(3)9-12)20(31)23-15(11(2)27-10-13(8-22)24-25-27)19-17(29)16(28)18(30)21(32-19)33-4/h10-12,14-19,21,28-30H,5-9,22H2,1-4H3,(H,23,31)/t11-,12+,14-,15+,16?,17?,18?,19?,21?/m0/s1. The molecular weight excluding hydrogens is 448 g/mol. The molecule has 1 aromatic rings. The van der Waals surface area contributed by atoms with Crippen molar-refractivity contribution in [2.24, 2.45) is 11.7 Å². The molecule has 33 heavy (non-hydrogen) atoms. The lowest BCUT2D eigenvalue weighted by atomic mass is 9.91. The first-order valence-corrected chi connectivity index (χ1v) is 12.8. The SMILES string of the molecule is CCC[C@@H]1C[C@@H](C(=O)N[C@@H](C2OC(SC)C(O)C(O)C2O)[C@H](C)n2cc(CN)nn2)N(C)C1. The number of likely N-dealkylation sites (tertiary alicyclic amines) is 1. The van der Waals surface area contributed by atoms with Crippen molar-refractivity contribution in [3.8, 4) is 0 Å². The number of rotatable bonds is 9. The Balaban J connectivity index is 1.86. The molecule has 6 N–H and O–H groups in total. The summed E-state index contributed by atoms with van der Waals surface area (Å²) in [6, 6.07) is -1.50. The van der Waals surface area contributed by atoms with Crippen molar-refractivity contribution in [1.29, 1.82) is 0 Å². The molecule has 3 rings (SSSR count). The van der Waals surface area contributed by atoms with E-state index >= 15 is 0 Å². The summed E-state index contributed by atoms with van der Waals surface area (Å²) < 4.78 is 7.58. The van der Waals surface area contributed by atoms with Crippen LogP contribution in [0.3, 0.4) is 0 Å². The van der Waals surface area contributed by atoms with E-state index in [4.69, 9.17) is 10.5 Å². The van der Waals surface area contributed by atoms with E-state index < -0.39 is 41.9 Å². The highest BCUT2D eigenvalue weighted by atomic mass is 32.2. The van der Waals surface area contributed by atoms with Gasteiger partial charge in [0.15, 0.2) is 0 Å². The van der Waals surface area contributed by atoms with Crippen LogP contribution in [-0.2, 0) is 16.1 Å². The van der Waals surface area contributed by atoms with Crippen LogP contribution < -0.4 is 11.1 Å². The normalized spacial score (nSPS) is 34.8. The molecule has 12 heteroatoms. The summed E-state index contributed by atoms with van der Waals surface area (Å²) in [5.74, 6) is 0.299. The van der Waals surface area contributed by atoms with Gasteiger partial charge in [0, 0.05) is 13.1 Å². The first-order chi connectivity index (χ1) is 15.7. The van der Waals surface area contributed by atoms with Crippen molar-refractivity contribution in [1.82, 2.24) is 25.2 Å². The van der Waals surface area contributed by atoms with Crippen LogP contribution in [0.5, 0.6) is 0 Å². The predicted octanol–water partition coefficient (Wildman–Crippen LogP) is -0.926. The second-order valence-electron chi connectivity index (χ2n) is 9.19. The second kappa shape index (κ2) is 11.4. The van der Waals surface area contributed by atoms with Crippen LogP contribution >= 0.6 is 11.8 Å². The number of carbonyl (C=O) groups excluding carboxylic acids is 1. The zero-order chi connectivity index (χ0) is 24.3. The minimum atomic E-state index is -1.41. The Morgan fingerprint density at radius 1 is 1.36 bits per heavy atom. The van der Waals surface area contributed by atoms with Gasteiger partial charge < -0.3 is 31.1 Å². The lowest BCUT2D eigenvalue weighted by Crippen LogP contribution is -2.64. The molecule has 2 aliphatic heterocycles. The summed E-state index contributed by atoms with van der Waals surface area (Å²) in [4.78, 5) is 15.4. The fourth-order valence-electron chi connectivity index (χ4n) is 4.90. The van der Waals surface area contributed by atoms with Crippen LogP contribution in [0.1, 0.15) is 44.8 Å². The van der Waals surface area contributed by atoms with E-state index in [1.54, 1.807) is 17.1 Å². The highest BCUT2D eigenvalue weighted by molar-refractivity contribution is 7.99. The zero-order valence-corrected chi connectivity index (χ0v) is 20.6. The van der Waals surface area contributed by atoms with Crippen molar-refractivity contribution >= 4 is 17.7 Å². The summed E-state index contributed by atoms with van der Waals surface area (Å²) >= 11 is 1.23. The Hall–Kier alpha value is -1.28. The smallest absolute Gasteiger partial charge is 0.237 e. The minimum Gasteiger partial charge on any atom is -0.388 e. The van der Waals surface area contributed by atoms with Crippen LogP contribution in [0.4, 0.5) is 0 Å². The van der Waals surface area contributed by atoms with Crippen molar-refractivity contribution < 1.29 is 24.9 Å². The van der Waals surface area contributed by atoms with Gasteiger partial charge in [0.25, 0.3) is 0 Å². The number of nitrogens with one attached hydrogen (secondary N) is 1. The fourth-order valence-corrected chi connectivity index (χ4v) is 5.58. The number of ether oxygens (including phenoxy) is 1. The molecule has 11 nitrogen and oxygen atoms in total. The topological polar surface area (TPSA) is 159 Å². The summed E-state index contributed by atoms with van der Waals surface area (Å²) in [7, 11) is 1.94. The number of hydrogen-bond donors (Lipinski definition) is 5.